The minimum Gasteiger partial charge on any atom is -0.493 e. The lowest BCUT2D eigenvalue weighted by Gasteiger charge is -2.30. The monoisotopic (exact) mass is 460 g/mol. The van der Waals surface area contributed by atoms with Gasteiger partial charge >= 0.3 is 0 Å². The first-order valence-corrected chi connectivity index (χ1v) is 11.5. The summed E-state index contributed by atoms with van der Waals surface area (Å²) >= 11 is 0. The van der Waals surface area contributed by atoms with Crippen LogP contribution in [0, 0.1) is 13.8 Å². The van der Waals surface area contributed by atoms with Crippen LogP contribution in [0.4, 0.5) is 5.69 Å². The lowest BCUT2D eigenvalue weighted by atomic mass is 10.0. The molecule has 1 heterocycles. The maximum absolute atomic E-state index is 13.1. The van der Waals surface area contributed by atoms with Gasteiger partial charge in [0.05, 0.1) is 26.5 Å². The highest BCUT2D eigenvalue weighted by atomic mass is 32.2. The van der Waals surface area contributed by atoms with Crippen molar-refractivity contribution in [2.45, 2.75) is 20.8 Å². The van der Waals surface area contributed by atoms with Gasteiger partial charge in [0.2, 0.25) is 0 Å². The van der Waals surface area contributed by atoms with Crippen LogP contribution in [0.25, 0.3) is 5.57 Å². The number of amides is 1. The summed E-state index contributed by atoms with van der Waals surface area (Å²) in [6.07, 6.45) is 0. The van der Waals surface area contributed by atoms with Crippen LogP contribution in [0.3, 0.4) is 0 Å². The van der Waals surface area contributed by atoms with E-state index in [9.17, 15) is 13.2 Å². The smallest absolute Gasteiger partial charge is 0.269 e. The summed E-state index contributed by atoms with van der Waals surface area (Å²) in [4.78, 5) is 12.6. The van der Waals surface area contributed by atoms with Crippen molar-refractivity contribution in [3.05, 3.63) is 51.9 Å². The minimum atomic E-state index is -4.05. The average molecular weight is 461 g/mol. The Morgan fingerprint density at radius 1 is 1.00 bits per heavy atom. The van der Waals surface area contributed by atoms with Crippen LogP contribution in [0.15, 0.2) is 35.2 Å². The molecule has 0 radical (unpaired) electrons. The van der Waals surface area contributed by atoms with E-state index in [2.05, 4.69) is 5.32 Å². The third kappa shape index (κ3) is 4.25. The van der Waals surface area contributed by atoms with E-state index < -0.39 is 15.9 Å². The Morgan fingerprint density at radius 3 is 2.28 bits per heavy atom. The van der Waals surface area contributed by atoms with Gasteiger partial charge in [-0.1, -0.05) is 17.7 Å². The number of rotatable bonds is 7. The normalized spacial score (nSPS) is 14.6. The lowest BCUT2D eigenvalue weighted by Crippen LogP contribution is -2.40. The first-order valence-electron chi connectivity index (χ1n) is 10.1. The molecule has 0 saturated carbocycles. The second-order valence-electron chi connectivity index (χ2n) is 7.52. The number of anilines is 1. The number of carbonyl (C=O) groups excluding carboxylic acids is 1. The van der Waals surface area contributed by atoms with E-state index >= 15 is 0 Å². The van der Waals surface area contributed by atoms with E-state index in [0.717, 1.165) is 21.2 Å². The second-order valence-corrected chi connectivity index (χ2v) is 9.43. The van der Waals surface area contributed by atoms with Gasteiger partial charge in [-0.15, -0.1) is 0 Å². The number of sulfonamides is 1. The number of fused-ring (bicyclic) bond motifs is 1. The highest BCUT2D eigenvalue weighted by Gasteiger charge is 2.38. The van der Waals surface area contributed by atoms with Gasteiger partial charge < -0.3 is 19.5 Å². The summed E-state index contributed by atoms with van der Waals surface area (Å²) in [5.74, 6) is 0.886. The van der Waals surface area contributed by atoms with Gasteiger partial charge in [-0.25, -0.2) is 8.42 Å². The molecule has 9 heteroatoms. The fraction of sp³-hybridized carbons (Fsp3) is 0.348. The zero-order valence-corrected chi connectivity index (χ0v) is 19.9. The number of nitrogens with one attached hydrogen (secondary N) is 1. The van der Waals surface area contributed by atoms with Gasteiger partial charge in [0.1, 0.15) is 12.4 Å². The van der Waals surface area contributed by atoms with Crippen LogP contribution in [-0.4, -0.2) is 48.7 Å². The minimum absolute atomic E-state index is 0.154. The number of nitrogens with zero attached hydrogens (tertiary/aromatic N) is 1. The molecule has 2 aromatic carbocycles. The Labute approximate surface area is 188 Å². The molecular weight excluding hydrogens is 432 g/mol. The molecule has 1 amide bonds. The number of aryl methyl sites for hydroxylation is 2. The third-order valence-electron chi connectivity index (χ3n) is 5.39. The summed E-state index contributed by atoms with van der Waals surface area (Å²) in [6, 6.07) is 9.08. The summed E-state index contributed by atoms with van der Waals surface area (Å²) in [5, 5.41) is 2.66. The van der Waals surface area contributed by atoms with Gasteiger partial charge in [-0.2, -0.15) is 0 Å². The number of allylic oxidation sites excluding steroid dienone is 1. The van der Waals surface area contributed by atoms with Crippen molar-refractivity contribution in [1.82, 2.24) is 5.32 Å². The number of hydrogen-bond donors (Lipinski definition) is 1. The Hall–Kier alpha value is -3.20. The Morgan fingerprint density at radius 2 is 1.66 bits per heavy atom. The van der Waals surface area contributed by atoms with E-state index in [1.54, 1.807) is 19.1 Å². The van der Waals surface area contributed by atoms with Crippen LogP contribution >= 0.6 is 0 Å². The zero-order valence-electron chi connectivity index (χ0n) is 19.1. The van der Waals surface area contributed by atoms with E-state index in [1.807, 2.05) is 32.0 Å². The molecule has 3 rings (SSSR count). The lowest BCUT2D eigenvalue weighted by molar-refractivity contribution is -0.116. The maximum Gasteiger partial charge on any atom is 0.269 e. The highest BCUT2D eigenvalue weighted by Crippen LogP contribution is 2.44. The fourth-order valence-corrected chi connectivity index (χ4v) is 5.15. The van der Waals surface area contributed by atoms with Gasteiger partial charge in [-0.05, 0) is 44.0 Å². The molecule has 0 unspecified atom stereocenters. The van der Waals surface area contributed by atoms with Crippen molar-refractivity contribution >= 4 is 27.2 Å². The molecule has 0 spiro atoms. The van der Waals surface area contributed by atoms with E-state index in [-0.39, 0.29) is 18.1 Å². The van der Waals surface area contributed by atoms with Gasteiger partial charge in [-0.3, -0.25) is 9.10 Å². The van der Waals surface area contributed by atoms with Crippen molar-refractivity contribution in [3.8, 4) is 17.2 Å². The van der Waals surface area contributed by atoms with E-state index in [4.69, 9.17) is 14.2 Å². The third-order valence-corrected chi connectivity index (χ3v) is 7.31. The molecule has 1 aliphatic heterocycles. The van der Waals surface area contributed by atoms with E-state index in [1.165, 1.54) is 21.3 Å². The number of methoxy groups -OCH3 is 2. The van der Waals surface area contributed by atoms with Gasteiger partial charge in [0, 0.05) is 18.7 Å². The summed E-state index contributed by atoms with van der Waals surface area (Å²) in [7, 11) is 0.332. The predicted molar refractivity (Wildman–Crippen MR) is 124 cm³/mol. The van der Waals surface area contributed by atoms with Crippen molar-refractivity contribution in [2.24, 2.45) is 0 Å². The van der Waals surface area contributed by atoms with Crippen LogP contribution in [0.1, 0.15) is 23.6 Å². The first-order chi connectivity index (χ1) is 15.1. The standard InChI is InChI=1S/C23H28N2O6S/c1-14-7-8-19(15(2)11-14)31-10-9-24-23(26)22-16(3)17-12-20(29-5)21(30-6)13-18(17)25(4)32(22,27)28/h7-8,11-13H,9-10H2,1-6H3,(H,24,26). The first kappa shape index (κ1) is 23.5. The Balaban J connectivity index is 1.83. The number of ether oxygens (including phenoxy) is 3. The Kier molecular flexibility index (Phi) is 6.68. The summed E-state index contributed by atoms with van der Waals surface area (Å²) in [5.41, 5.74) is 3.46. The number of hydrogen-bond acceptors (Lipinski definition) is 6. The molecule has 0 atom stereocenters. The van der Waals surface area contributed by atoms with Crippen molar-refractivity contribution in [3.63, 3.8) is 0 Å². The molecule has 1 N–H and O–H groups in total. The highest BCUT2D eigenvalue weighted by molar-refractivity contribution is 7.97. The predicted octanol–water partition coefficient (Wildman–Crippen LogP) is 3.03. The van der Waals surface area contributed by atoms with Crippen molar-refractivity contribution in [2.75, 3.05) is 38.7 Å². The molecular formula is C23H28N2O6S. The summed E-state index contributed by atoms with van der Waals surface area (Å²) in [6.45, 7) is 5.91. The SMILES string of the molecule is COc1cc2c(cc1OC)N(C)S(=O)(=O)C(C(=O)NCCOc1ccc(C)cc1C)=C2C. The summed E-state index contributed by atoms with van der Waals surface area (Å²) < 4.78 is 43.7. The quantitative estimate of drug-likeness (QED) is 0.639. The molecule has 2 aromatic rings. The van der Waals surface area contributed by atoms with Crippen molar-refractivity contribution < 1.29 is 27.4 Å². The van der Waals surface area contributed by atoms with Crippen LogP contribution in [0.5, 0.6) is 17.2 Å². The second kappa shape index (κ2) is 9.12. The molecule has 1 aliphatic rings. The maximum atomic E-state index is 13.1. The van der Waals surface area contributed by atoms with Gasteiger partial charge in [0.25, 0.3) is 15.9 Å². The Bertz CT molecular complexity index is 1190. The van der Waals surface area contributed by atoms with Crippen LogP contribution in [-0.2, 0) is 14.8 Å². The molecule has 0 fully saturated rings. The van der Waals surface area contributed by atoms with Crippen LogP contribution in [0.2, 0.25) is 0 Å². The molecule has 0 bridgehead atoms. The molecule has 0 aromatic heterocycles. The van der Waals surface area contributed by atoms with Gasteiger partial charge in [0.15, 0.2) is 16.4 Å². The van der Waals surface area contributed by atoms with E-state index in [0.29, 0.717) is 28.3 Å². The fourth-order valence-electron chi connectivity index (χ4n) is 3.67. The molecule has 172 valence electrons. The zero-order chi connectivity index (χ0) is 23.6. The average Bonchev–Trinajstić information content (AvgIpc) is 2.75. The topological polar surface area (TPSA) is 94.2 Å². The molecule has 8 nitrogen and oxygen atoms in total. The molecule has 0 saturated heterocycles. The molecule has 0 aliphatic carbocycles. The number of carbonyl (C=O) groups is 1. The van der Waals surface area contributed by atoms with Crippen molar-refractivity contribution in [1.29, 1.82) is 0 Å². The largest absolute Gasteiger partial charge is 0.493 e. The van der Waals surface area contributed by atoms with Crippen LogP contribution < -0.4 is 23.8 Å². The number of benzene rings is 2. The molecule has 32 heavy (non-hydrogen) atoms.